The van der Waals surface area contributed by atoms with E-state index in [1.54, 1.807) is 0 Å². The first-order chi connectivity index (χ1) is 6.14. The van der Waals surface area contributed by atoms with Crippen molar-refractivity contribution in [1.82, 2.24) is 0 Å². The van der Waals surface area contributed by atoms with Crippen LogP contribution in [-0.4, -0.2) is 10.7 Å². The topological polar surface area (TPSA) is 20.2 Å². The minimum absolute atomic E-state index is 0.338. The van der Waals surface area contributed by atoms with Crippen molar-refractivity contribution < 1.29 is 5.11 Å². The molecule has 2 atom stereocenters. The Bertz CT molecular complexity index is 140. The lowest BCUT2D eigenvalue weighted by Gasteiger charge is -2.15. The minimum Gasteiger partial charge on any atom is -0.390 e. The van der Waals surface area contributed by atoms with Gasteiger partial charge < -0.3 is 5.11 Å². The molecule has 0 heterocycles. The third-order valence-electron chi connectivity index (χ3n) is 3.29. The summed E-state index contributed by atoms with van der Waals surface area (Å²) in [6.45, 7) is 4.24. The average Bonchev–Trinajstić information content (AvgIpc) is 2.40. The van der Waals surface area contributed by atoms with E-state index >= 15 is 0 Å². The lowest BCUT2D eigenvalue weighted by molar-refractivity contribution is 0.0630. The summed E-state index contributed by atoms with van der Waals surface area (Å²) in [4.78, 5) is 0. The zero-order valence-electron chi connectivity index (χ0n) is 9.18. The van der Waals surface area contributed by atoms with Gasteiger partial charge in [0.15, 0.2) is 0 Å². The van der Waals surface area contributed by atoms with Crippen LogP contribution >= 0.6 is 0 Å². The largest absolute Gasteiger partial charge is 0.390 e. The van der Waals surface area contributed by atoms with Crippen molar-refractivity contribution in [3.05, 3.63) is 0 Å². The van der Waals surface area contributed by atoms with Crippen LogP contribution in [0.3, 0.4) is 0 Å². The Balaban J connectivity index is 2.04. The average molecular weight is 184 g/mol. The van der Waals surface area contributed by atoms with Crippen molar-refractivity contribution >= 4 is 0 Å². The van der Waals surface area contributed by atoms with Gasteiger partial charge in [-0.2, -0.15) is 0 Å². The first-order valence-corrected chi connectivity index (χ1v) is 5.86. The number of rotatable bonds is 5. The maximum atomic E-state index is 9.77. The second kappa shape index (κ2) is 4.99. The highest BCUT2D eigenvalue weighted by Gasteiger charge is 2.32. The van der Waals surface area contributed by atoms with E-state index in [1.807, 2.05) is 6.92 Å². The summed E-state index contributed by atoms with van der Waals surface area (Å²) in [5.74, 6) is 0.812. The van der Waals surface area contributed by atoms with Gasteiger partial charge in [0.05, 0.1) is 5.60 Å². The summed E-state index contributed by atoms with van der Waals surface area (Å²) in [6, 6.07) is 0. The van der Waals surface area contributed by atoms with Gasteiger partial charge in [-0.1, -0.05) is 39.0 Å². The molecule has 1 fully saturated rings. The molecule has 0 aromatic heterocycles. The van der Waals surface area contributed by atoms with Gasteiger partial charge in [-0.05, 0) is 32.1 Å². The Morgan fingerprint density at radius 1 is 1.31 bits per heavy atom. The fourth-order valence-corrected chi connectivity index (χ4v) is 2.45. The Kier molecular flexibility index (Phi) is 4.24. The first kappa shape index (κ1) is 11.0. The van der Waals surface area contributed by atoms with E-state index in [2.05, 4.69) is 6.92 Å². The second-order valence-corrected chi connectivity index (χ2v) is 4.96. The van der Waals surface area contributed by atoms with Crippen LogP contribution in [-0.2, 0) is 0 Å². The molecule has 1 saturated carbocycles. The molecule has 1 aliphatic rings. The Morgan fingerprint density at radius 3 is 2.62 bits per heavy atom. The van der Waals surface area contributed by atoms with Gasteiger partial charge in [0.2, 0.25) is 0 Å². The van der Waals surface area contributed by atoms with Crippen LogP contribution in [0.1, 0.15) is 65.2 Å². The molecule has 0 radical (unpaired) electrons. The van der Waals surface area contributed by atoms with Crippen molar-refractivity contribution in [1.29, 1.82) is 0 Å². The monoisotopic (exact) mass is 184 g/mol. The molecule has 0 unspecified atom stereocenters. The molecule has 1 rings (SSSR count). The standard InChI is InChI=1S/C12H24O/c1-3-4-5-6-7-11-8-9-12(2,13)10-11/h11,13H,3-10H2,1-2H3/t11-,12+/m1/s1. The summed E-state index contributed by atoms with van der Waals surface area (Å²) in [5.41, 5.74) is -0.338. The van der Waals surface area contributed by atoms with Crippen molar-refractivity contribution in [2.75, 3.05) is 0 Å². The molecule has 1 nitrogen and oxygen atoms in total. The number of hydrogen-bond acceptors (Lipinski definition) is 1. The molecule has 1 aliphatic carbocycles. The fourth-order valence-electron chi connectivity index (χ4n) is 2.45. The van der Waals surface area contributed by atoms with Crippen molar-refractivity contribution in [3.63, 3.8) is 0 Å². The summed E-state index contributed by atoms with van der Waals surface area (Å²) < 4.78 is 0. The number of unbranched alkanes of at least 4 members (excludes halogenated alkanes) is 3. The van der Waals surface area contributed by atoms with Gasteiger partial charge in [-0.15, -0.1) is 0 Å². The molecule has 0 amide bonds. The Morgan fingerprint density at radius 2 is 2.08 bits per heavy atom. The van der Waals surface area contributed by atoms with Gasteiger partial charge in [-0.3, -0.25) is 0 Å². The second-order valence-electron chi connectivity index (χ2n) is 4.96. The number of hydrogen-bond donors (Lipinski definition) is 1. The van der Waals surface area contributed by atoms with Crippen LogP contribution in [0, 0.1) is 5.92 Å². The summed E-state index contributed by atoms with van der Waals surface area (Å²) in [5, 5.41) is 9.77. The Hall–Kier alpha value is -0.0400. The van der Waals surface area contributed by atoms with Crippen molar-refractivity contribution in [3.8, 4) is 0 Å². The molecule has 0 aromatic rings. The number of aliphatic hydroxyl groups is 1. The molecule has 0 aromatic carbocycles. The van der Waals surface area contributed by atoms with Gasteiger partial charge in [0, 0.05) is 0 Å². The van der Waals surface area contributed by atoms with Crippen LogP contribution in [0.15, 0.2) is 0 Å². The van der Waals surface area contributed by atoms with Crippen molar-refractivity contribution in [2.45, 2.75) is 70.8 Å². The first-order valence-electron chi connectivity index (χ1n) is 5.86. The normalized spacial score (nSPS) is 33.9. The van der Waals surface area contributed by atoms with Gasteiger partial charge in [0.1, 0.15) is 0 Å². The third kappa shape index (κ3) is 4.12. The SMILES string of the molecule is CCCCCC[C@@H]1CC[C@](C)(O)C1. The predicted molar refractivity (Wildman–Crippen MR) is 56.7 cm³/mol. The maximum absolute atomic E-state index is 9.77. The van der Waals surface area contributed by atoms with E-state index in [4.69, 9.17) is 0 Å². The smallest absolute Gasteiger partial charge is 0.0622 e. The molecular formula is C12H24O. The summed E-state index contributed by atoms with van der Waals surface area (Å²) in [6.07, 6.45) is 10.1. The predicted octanol–water partition coefficient (Wildman–Crippen LogP) is 3.51. The molecule has 1 N–H and O–H groups in total. The van der Waals surface area contributed by atoms with Crippen LogP contribution < -0.4 is 0 Å². The zero-order chi connectivity index (χ0) is 9.73. The van der Waals surface area contributed by atoms with Gasteiger partial charge in [0.25, 0.3) is 0 Å². The molecule has 0 bridgehead atoms. The van der Waals surface area contributed by atoms with Crippen molar-refractivity contribution in [2.24, 2.45) is 5.92 Å². The summed E-state index contributed by atoms with van der Waals surface area (Å²) in [7, 11) is 0. The van der Waals surface area contributed by atoms with Gasteiger partial charge in [-0.25, -0.2) is 0 Å². The van der Waals surface area contributed by atoms with Crippen LogP contribution in [0.4, 0.5) is 0 Å². The van der Waals surface area contributed by atoms with E-state index in [-0.39, 0.29) is 5.60 Å². The lowest BCUT2D eigenvalue weighted by atomic mass is 9.97. The highest BCUT2D eigenvalue weighted by atomic mass is 16.3. The third-order valence-corrected chi connectivity index (χ3v) is 3.29. The maximum Gasteiger partial charge on any atom is 0.0622 e. The van der Waals surface area contributed by atoms with E-state index in [0.717, 1.165) is 18.8 Å². The summed E-state index contributed by atoms with van der Waals surface area (Å²) >= 11 is 0. The quantitative estimate of drug-likeness (QED) is 0.648. The minimum atomic E-state index is -0.338. The molecule has 0 saturated heterocycles. The molecule has 13 heavy (non-hydrogen) atoms. The molecule has 0 spiro atoms. The zero-order valence-corrected chi connectivity index (χ0v) is 9.18. The highest BCUT2D eigenvalue weighted by Crippen LogP contribution is 2.36. The molecule has 78 valence electrons. The molecule has 0 aliphatic heterocycles. The van der Waals surface area contributed by atoms with E-state index in [9.17, 15) is 5.11 Å². The lowest BCUT2D eigenvalue weighted by Crippen LogP contribution is -2.18. The van der Waals surface area contributed by atoms with Crippen LogP contribution in [0.5, 0.6) is 0 Å². The molecular weight excluding hydrogens is 160 g/mol. The molecule has 1 heteroatoms. The Labute approximate surface area is 82.5 Å². The van der Waals surface area contributed by atoms with E-state index in [1.165, 1.54) is 38.5 Å². The van der Waals surface area contributed by atoms with Crippen LogP contribution in [0.25, 0.3) is 0 Å². The van der Waals surface area contributed by atoms with Crippen LogP contribution in [0.2, 0.25) is 0 Å². The fraction of sp³-hybridized carbons (Fsp3) is 1.00. The van der Waals surface area contributed by atoms with E-state index in [0.29, 0.717) is 0 Å². The van der Waals surface area contributed by atoms with E-state index < -0.39 is 0 Å². The highest BCUT2D eigenvalue weighted by molar-refractivity contribution is 4.84. The van der Waals surface area contributed by atoms with Gasteiger partial charge >= 0.3 is 0 Å².